The number of allylic oxidation sites excluding steroid dienone is 4. The van der Waals surface area contributed by atoms with Crippen LogP contribution >= 0.6 is 0 Å². The van der Waals surface area contributed by atoms with E-state index in [9.17, 15) is 0 Å². The molecule has 2 atom stereocenters. The third-order valence-corrected chi connectivity index (χ3v) is 13.7. The van der Waals surface area contributed by atoms with Crippen molar-refractivity contribution in [1.29, 1.82) is 0 Å². The standard InChI is InChI=1S/2C27H22N5.2Pt/c2*1-18-19(2)32(17-31(18)3)21-8-6-7-20(15-21)27(26-12-14-29-30-26)24-10-5-4-9-22(24)23-16-28-13-11-25(23)27;;/h2*4-14,16-17H,1-3H3;;/q2*-3;;. The molecule has 2 unspecified atom stereocenters. The number of rotatable bonds is 6. The van der Waals surface area contributed by atoms with Crippen LogP contribution in [0, 0.1) is 25.5 Å². The zero-order valence-electron chi connectivity index (χ0n) is 37.1. The van der Waals surface area contributed by atoms with E-state index >= 15 is 0 Å². The zero-order valence-corrected chi connectivity index (χ0v) is 41.7. The molecule has 12 heteroatoms. The molecule has 4 aromatic heterocycles. The molecule has 8 aromatic rings. The van der Waals surface area contributed by atoms with Gasteiger partial charge in [-0.25, -0.2) is 0 Å². The maximum absolute atomic E-state index is 4.58. The maximum Gasteiger partial charge on any atom is 0.0645 e. The van der Waals surface area contributed by atoms with Gasteiger partial charge in [0.05, 0.1) is 10.8 Å². The van der Waals surface area contributed by atoms with Crippen LogP contribution in [0.25, 0.3) is 22.3 Å². The van der Waals surface area contributed by atoms with E-state index in [4.69, 9.17) is 0 Å². The molecule has 2 aliphatic heterocycles. The minimum Gasteiger partial charge on any atom is -0.581 e. The Morgan fingerprint density at radius 1 is 0.470 bits per heavy atom. The van der Waals surface area contributed by atoms with Crippen molar-refractivity contribution < 1.29 is 42.1 Å². The molecule has 10 nitrogen and oxygen atoms in total. The van der Waals surface area contributed by atoms with Gasteiger partial charge >= 0.3 is 0 Å². The van der Waals surface area contributed by atoms with Gasteiger partial charge in [-0.1, -0.05) is 60.7 Å². The van der Waals surface area contributed by atoms with Gasteiger partial charge in [0.15, 0.2) is 0 Å². The Balaban J connectivity index is 0.000000161. The van der Waals surface area contributed by atoms with Gasteiger partial charge in [0.25, 0.3) is 0 Å². The fourth-order valence-corrected chi connectivity index (χ4v) is 10.2. The van der Waals surface area contributed by atoms with Gasteiger partial charge in [0.2, 0.25) is 0 Å². The van der Waals surface area contributed by atoms with E-state index in [2.05, 4.69) is 214 Å². The monoisotopic (exact) mass is 1220 g/mol. The van der Waals surface area contributed by atoms with E-state index in [1.165, 1.54) is 45.0 Å². The summed E-state index contributed by atoms with van der Waals surface area (Å²) in [5, 5.41) is 17.6. The third kappa shape index (κ3) is 6.58. The fraction of sp³-hybridized carbons (Fsp3) is 0.148. The Morgan fingerprint density at radius 2 is 0.879 bits per heavy atom. The summed E-state index contributed by atoms with van der Waals surface area (Å²) in [6.45, 7) is 12.8. The average molecular weight is 1220 g/mol. The first-order chi connectivity index (χ1) is 31.2. The van der Waals surface area contributed by atoms with Crippen LogP contribution in [0.2, 0.25) is 0 Å². The molecule has 2 aliphatic carbocycles. The van der Waals surface area contributed by atoms with Crippen molar-refractivity contribution in [2.24, 2.45) is 0 Å². The van der Waals surface area contributed by atoms with Gasteiger partial charge in [-0.3, -0.25) is 9.97 Å². The summed E-state index contributed by atoms with van der Waals surface area (Å²) in [6, 6.07) is 45.5. The van der Waals surface area contributed by atoms with Crippen LogP contribution in [-0.2, 0) is 53.0 Å². The summed E-state index contributed by atoms with van der Waals surface area (Å²) in [7, 11) is 4.14. The van der Waals surface area contributed by atoms with Crippen molar-refractivity contribution in [2.45, 2.75) is 38.5 Å². The number of aromatic nitrogens is 6. The number of benzene rings is 4. The Kier molecular flexibility index (Phi) is 11.9. The molecule has 12 rings (SSSR count). The molecule has 66 heavy (non-hydrogen) atoms. The summed E-state index contributed by atoms with van der Waals surface area (Å²) < 4.78 is 0. The topological polar surface area (TPSA) is 92.7 Å². The molecule has 0 saturated carbocycles. The van der Waals surface area contributed by atoms with Crippen molar-refractivity contribution in [3.05, 3.63) is 239 Å². The van der Waals surface area contributed by atoms with E-state index in [1.54, 1.807) is 12.4 Å². The van der Waals surface area contributed by atoms with Crippen molar-refractivity contribution >= 4 is 11.4 Å². The van der Waals surface area contributed by atoms with E-state index in [0.717, 1.165) is 56.1 Å². The molecular weight excluding hydrogens is 1180 g/mol. The molecule has 0 fully saturated rings. The van der Waals surface area contributed by atoms with Gasteiger partial charge in [0, 0.05) is 101 Å². The van der Waals surface area contributed by atoms with Gasteiger partial charge in [-0.05, 0) is 98.7 Å². The number of hydrogen-bond donors (Lipinski definition) is 0. The molecule has 0 N–H and O–H groups in total. The molecule has 336 valence electrons. The SMILES string of the molecule is CC1=C(C)N(c2[c-]c(C3(c4cc[n-]n4)c4ccccc4-c4cnccc43)ccc2)[CH-]N1C.CC1=C(C)N(c2[c-]c(C3(c4cc[n-]n4)c4ccccc4-c4cnccc43)ccc2)[CH-]N1C.[Pt].[Pt]. The molecule has 0 bridgehead atoms. The van der Waals surface area contributed by atoms with E-state index in [1.807, 2.05) is 36.9 Å². The number of anilines is 2. The molecule has 4 aromatic carbocycles. The first-order valence-electron chi connectivity index (χ1n) is 21.4. The number of pyridine rings is 2. The maximum atomic E-state index is 4.58. The predicted molar refractivity (Wildman–Crippen MR) is 249 cm³/mol. The second-order valence-electron chi connectivity index (χ2n) is 16.7. The van der Waals surface area contributed by atoms with Crippen molar-refractivity contribution in [2.75, 3.05) is 23.9 Å². The Morgan fingerprint density at radius 3 is 1.26 bits per heavy atom. The van der Waals surface area contributed by atoms with E-state index < -0.39 is 10.8 Å². The van der Waals surface area contributed by atoms with Gasteiger partial charge in [0.1, 0.15) is 0 Å². The summed E-state index contributed by atoms with van der Waals surface area (Å²) in [4.78, 5) is 17.5. The van der Waals surface area contributed by atoms with Crippen LogP contribution in [0.3, 0.4) is 0 Å². The normalized spacial score (nSPS) is 18.9. The van der Waals surface area contributed by atoms with Crippen LogP contribution in [0.4, 0.5) is 11.4 Å². The number of nitrogens with zero attached hydrogens (tertiary/aromatic N) is 10. The van der Waals surface area contributed by atoms with Crippen molar-refractivity contribution in [1.82, 2.24) is 40.2 Å². The Bertz CT molecular complexity index is 2840. The summed E-state index contributed by atoms with van der Waals surface area (Å²) in [6.07, 6.45) is 11.2. The fourth-order valence-electron chi connectivity index (χ4n) is 10.2. The van der Waals surface area contributed by atoms with E-state index in [0.29, 0.717) is 0 Å². The molecular formula is C54H44N10Pt2-6. The molecule has 6 heterocycles. The van der Waals surface area contributed by atoms with Crippen molar-refractivity contribution in [3.8, 4) is 22.3 Å². The molecule has 0 amide bonds. The summed E-state index contributed by atoms with van der Waals surface area (Å²) >= 11 is 0. The third-order valence-electron chi connectivity index (χ3n) is 13.7. The molecule has 0 saturated heterocycles. The molecule has 0 radical (unpaired) electrons. The second kappa shape index (κ2) is 17.5. The first-order valence-corrected chi connectivity index (χ1v) is 21.4. The van der Waals surface area contributed by atoms with Crippen LogP contribution < -0.4 is 20.0 Å². The first kappa shape index (κ1) is 44.8. The quantitative estimate of drug-likeness (QED) is 0.150. The largest absolute Gasteiger partial charge is 0.581 e. The van der Waals surface area contributed by atoms with Crippen molar-refractivity contribution in [3.63, 3.8) is 0 Å². The Labute approximate surface area is 415 Å². The minimum absolute atomic E-state index is 0. The van der Waals surface area contributed by atoms with Crippen LogP contribution in [0.1, 0.15) is 72.5 Å². The average Bonchev–Trinajstić information content (AvgIpc) is 4.22. The predicted octanol–water partition coefficient (Wildman–Crippen LogP) is 9.43. The smallest absolute Gasteiger partial charge is 0.0645 e. The van der Waals surface area contributed by atoms with Crippen LogP contribution in [0.15, 0.2) is 169 Å². The van der Waals surface area contributed by atoms with Crippen LogP contribution in [0.5, 0.6) is 0 Å². The van der Waals surface area contributed by atoms with Gasteiger partial charge in [-0.15, -0.1) is 22.5 Å². The van der Waals surface area contributed by atoms with Gasteiger partial charge in [-0.2, -0.15) is 74.3 Å². The summed E-state index contributed by atoms with van der Waals surface area (Å²) in [5.41, 5.74) is 18.8. The van der Waals surface area contributed by atoms with Gasteiger partial charge < -0.3 is 40.0 Å². The number of fused-ring (bicyclic) bond motifs is 6. The second-order valence-corrected chi connectivity index (χ2v) is 16.7. The Hall–Kier alpha value is -6.34. The zero-order chi connectivity index (χ0) is 43.7. The number of hydrogen-bond acceptors (Lipinski definition) is 8. The molecule has 4 aliphatic rings. The van der Waals surface area contributed by atoms with Crippen LogP contribution in [-0.4, -0.2) is 44.1 Å². The van der Waals surface area contributed by atoms with E-state index in [-0.39, 0.29) is 42.1 Å². The molecule has 0 spiro atoms. The summed E-state index contributed by atoms with van der Waals surface area (Å²) in [5.74, 6) is 0. The minimum atomic E-state index is -0.598.